The zero-order chi connectivity index (χ0) is 78.8. The second kappa shape index (κ2) is 47.9. The van der Waals surface area contributed by atoms with Crippen LogP contribution in [0.1, 0.15) is 244 Å². The molecule has 0 atom stereocenters. The molecule has 0 unspecified atom stereocenters. The van der Waals surface area contributed by atoms with Gasteiger partial charge >= 0.3 is 24.5 Å². The van der Waals surface area contributed by atoms with E-state index in [0.717, 1.165) is 67.5 Å². The number of rotatable bonds is 9. The predicted molar refractivity (Wildman–Crippen MR) is 410 cm³/mol. The SMILES string of the molecule is C1CCOC1.C1CCOC1.C1CCOC1.CC(C)(C)OC(=O)NCc1cc(N)ccc1C(C)(C)C.CC(C)(C)OC(=O)NCc1cc([N+](=O)[O-])ccc1C(C)(C)C.CC(C)(C)OC(=O)OC(=O)OC(C)(C)C.CC(C)(C)c1ccc([N+](=O)[O-])cc1CN.CC(C)(C)c1ccc([N+](=O)[O-])cc1ON.[B].[CH3-].[Pd]. The zero-order valence-corrected chi connectivity index (χ0v) is 68.8. The van der Waals surface area contributed by atoms with Crippen LogP contribution in [0.3, 0.4) is 0 Å². The average Bonchev–Trinajstić information content (AvgIpc) is 1.60. The number of amides is 2. The number of carbonyl (C=O) groups excluding carboxylic acids is 4. The van der Waals surface area contributed by atoms with Crippen molar-refractivity contribution in [2.45, 2.75) is 268 Å². The van der Waals surface area contributed by atoms with Crippen molar-refractivity contribution in [3.63, 3.8) is 0 Å². The number of non-ortho nitro benzene ring substituents is 3. The third-order valence-electron chi connectivity index (χ3n) is 13.6. The minimum atomic E-state index is -1.06. The van der Waals surface area contributed by atoms with E-state index in [1.807, 2.05) is 80.5 Å². The number of alkyl carbamates (subject to hydrolysis) is 2. The van der Waals surface area contributed by atoms with E-state index < -0.39 is 61.7 Å². The van der Waals surface area contributed by atoms with Gasteiger partial charge in [0.2, 0.25) is 0 Å². The normalized spacial score (nSPS) is 13.2. The van der Waals surface area contributed by atoms with Crippen molar-refractivity contribution in [2.75, 3.05) is 45.4 Å². The Bertz CT molecular complexity index is 3120. The van der Waals surface area contributed by atoms with Crippen molar-refractivity contribution in [1.29, 1.82) is 0 Å². The molecule has 2 amide bonds. The van der Waals surface area contributed by atoms with Crippen LogP contribution in [0.15, 0.2) is 72.8 Å². The van der Waals surface area contributed by atoms with Crippen molar-refractivity contribution < 1.29 is 97.1 Å². The number of nitrogen functional groups attached to an aromatic ring is 1. The first kappa shape index (κ1) is 104. The van der Waals surface area contributed by atoms with Crippen LogP contribution in [-0.4, -0.2) is 110 Å². The summed E-state index contributed by atoms with van der Waals surface area (Å²) >= 11 is 0. The largest absolute Gasteiger partial charge is 0.519 e. The number of nitrogens with one attached hydrogen (secondary N) is 2. The van der Waals surface area contributed by atoms with Crippen molar-refractivity contribution in [3.05, 3.63) is 150 Å². The summed E-state index contributed by atoms with van der Waals surface area (Å²) < 4.78 is 39.0. The molecule has 0 aliphatic carbocycles. The number of hydrogen-bond acceptors (Lipinski definition) is 22. The maximum atomic E-state index is 11.7. The van der Waals surface area contributed by atoms with Crippen molar-refractivity contribution in [1.82, 2.24) is 10.6 Å². The molecule has 0 aromatic heterocycles. The maximum absolute atomic E-state index is 11.7. The van der Waals surface area contributed by atoms with E-state index in [1.165, 1.54) is 74.4 Å². The quantitative estimate of drug-likeness (QED) is 0.0152. The monoisotopic (exact) mass is 1570 g/mol. The number of nitro benzene ring substituents is 3. The van der Waals surface area contributed by atoms with E-state index in [1.54, 1.807) is 86.6 Å². The number of carbonyl (C=O) groups is 4. The fraction of sp³-hybridized carbons (Fsp3) is 0.618. The minimum absolute atomic E-state index is 0. The zero-order valence-electron chi connectivity index (χ0n) is 67.3. The number of anilines is 1. The molecule has 8 N–H and O–H groups in total. The van der Waals surface area contributed by atoms with E-state index in [2.05, 4.69) is 61.8 Å². The summed E-state index contributed by atoms with van der Waals surface area (Å²) in [5.74, 6) is 5.44. The molecular weight excluding hydrogens is 1450 g/mol. The number of nitro groups is 3. The molecule has 3 aliphatic rings. The van der Waals surface area contributed by atoms with Crippen LogP contribution in [0, 0.1) is 37.8 Å². The van der Waals surface area contributed by atoms with Crippen molar-refractivity contribution >= 4 is 55.7 Å². The van der Waals surface area contributed by atoms with Gasteiger partial charge in [-0.15, -0.1) is 0 Å². The Morgan fingerprint density at radius 3 is 0.952 bits per heavy atom. The molecule has 105 heavy (non-hydrogen) atoms. The fourth-order valence-corrected chi connectivity index (χ4v) is 9.10. The van der Waals surface area contributed by atoms with Crippen LogP contribution in [0.4, 0.5) is 41.9 Å². The van der Waals surface area contributed by atoms with E-state index >= 15 is 0 Å². The second-order valence-electron chi connectivity index (χ2n) is 32.1. The first-order valence-corrected chi connectivity index (χ1v) is 34.2. The van der Waals surface area contributed by atoms with Gasteiger partial charge < -0.3 is 72.3 Å². The summed E-state index contributed by atoms with van der Waals surface area (Å²) in [6.07, 6.45) is 4.59. The van der Waals surface area contributed by atoms with E-state index in [9.17, 15) is 49.5 Å². The third-order valence-corrected chi connectivity index (χ3v) is 13.6. The first-order valence-electron chi connectivity index (χ1n) is 34.2. The minimum Gasteiger partial charge on any atom is -0.444 e. The van der Waals surface area contributed by atoms with Gasteiger partial charge in [0.25, 0.3) is 17.1 Å². The van der Waals surface area contributed by atoms with Gasteiger partial charge in [0, 0.05) is 130 Å². The fourth-order valence-electron chi connectivity index (χ4n) is 9.10. The Labute approximate surface area is 640 Å². The topological polar surface area (TPSA) is 383 Å². The average molecular weight is 1570 g/mol. The van der Waals surface area contributed by atoms with Crippen LogP contribution in [0.2, 0.25) is 0 Å². The van der Waals surface area contributed by atoms with Gasteiger partial charge in [0.05, 0.1) is 20.8 Å². The molecule has 0 spiro atoms. The molecule has 3 radical (unpaired) electrons. The molecule has 0 bridgehead atoms. The van der Waals surface area contributed by atoms with Gasteiger partial charge in [-0.2, -0.15) is 5.90 Å². The third kappa shape index (κ3) is 48.3. The van der Waals surface area contributed by atoms with Crippen molar-refractivity contribution in [2.24, 2.45) is 11.6 Å². The molecule has 3 aliphatic heterocycles. The van der Waals surface area contributed by atoms with Gasteiger partial charge in [0.1, 0.15) is 22.4 Å². The number of benzene rings is 4. The van der Waals surface area contributed by atoms with E-state index in [0.29, 0.717) is 30.1 Å². The molecule has 29 heteroatoms. The molecule has 3 fully saturated rings. The predicted octanol–water partition coefficient (Wildman–Crippen LogP) is 17.3. The van der Waals surface area contributed by atoms with Crippen LogP contribution in [0.5, 0.6) is 5.75 Å². The summed E-state index contributed by atoms with van der Waals surface area (Å²) in [4.78, 5) is 80.9. The van der Waals surface area contributed by atoms with Crippen LogP contribution < -0.4 is 32.8 Å². The van der Waals surface area contributed by atoms with Crippen LogP contribution in [0.25, 0.3) is 0 Å². The Balaban J connectivity index is -0.000000575. The standard InChI is InChI=1S/C16H24N2O4.C16H26N2O2.C11H16N2O2.C10H14N2O3.C10H18O5.3C4H8O.CH3.B.Pd/c1-15(2,3)13-8-7-12(18(20)21)9-11(13)10-17-14(19)22-16(4,5)6;1-15(2,3)13-8-7-12(17)9-11(13)10-18-14(19)20-16(4,5)6;1-11(2,3)10-5-4-9(13(14)15)6-8(10)7-12;1-10(2,3)8-5-4-7(12(13)14)6-9(8)15-11;1-9(2,3)14-7(11)13-8(12)15-10(4,5)6;3*1-2-4-5-3-1;;;/h7-9H,10H2,1-6H3,(H,17,19);7-9H,10,17H2,1-6H3,(H,18,19);4-6H,7,12H2,1-3H3;4-6H,11H2,1-3H3;1-6H3;3*1-4H2;1H3;;/q;;;;;;;;-1;;. The van der Waals surface area contributed by atoms with Crippen molar-refractivity contribution in [3.8, 4) is 5.75 Å². The van der Waals surface area contributed by atoms with Gasteiger partial charge in [0.15, 0.2) is 5.75 Å². The Morgan fingerprint density at radius 2 is 0.695 bits per heavy atom. The van der Waals surface area contributed by atoms with Gasteiger partial charge in [-0.05, 0) is 195 Å². The molecule has 3 heterocycles. The smallest absolute Gasteiger partial charge is 0.444 e. The summed E-state index contributed by atoms with van der Waals surface area (Å²) in [6.45, 7) is 52.4. The van der Waals surface area contributed by atoms with E-state index in [4.69, 9.17) is 50.5 Å². The van der Waals surface area contributed by atoms with Gasteiger partial charge in [-0.3, -0.25) is 30.3 Å². The number of hydrogen-bond donors (Lipinski definition) is 5. The van der Waals surface area contributed by atoms with Crippen LogP contribution in [-0.2, 0) is 99.6 Å². The molecule has 4 aromatic rings. The number of ether oxygens (including phenoxy) is 8. The Morgan fingerprint density at radius 1 is 0.429 bits per heavy atom. The molecular formula is C76H125BN8O19Pd-. The molecule has 7 rings (SSSR count). The second-order valence-corrected chi connectivity index (χ2v) is 32.1. The molecule has 597 valence electrons. The number of nitrogens with two attached hydrogens (primary N) is 3. The van der Waals surface area contributed by atoms with Gasteiger partial charge in [-0.25, -0.2) is 19.2 Å². The van der Waals surface area contributed by atoms with Gasteiger partial charge in [-0.1, -0.05) is 101 Å². The molecule has 4 aromatic carbocycles. The Hall–Kier alpha value is -7.51. The Kier molecular flexibility index (Phi) is 47.4. The first-order chi connectivity index (χ1) is 46.6. The summed E-state index contributed by atoms with van der Waals surface area (Å²) in [5.41, 5.74) is 16.0. The summed E-state index contributed by atoms with van der Waals surface area (Å²) in [5, 5.41) is 37.5. The van der Waals surface area contributed by atoms with E-state index in [-0.39, 0.29) is 81.5 Å². The summed E-state index contributed by atoms with van der Waals surface area (Å²) in [6, 6.07) is 19.8. The molecule has 3 saturated heterocycles. The summed E-state index contributed by atoms with van der Waals surface area (Å²) in [7, 11) is 0. The maximum Gasteiger partial charge on any atom is 0.519 e. The molecule has 27 nitrogen and oxygen atoms in total. The molecule has 0 saturated carbocycles. The number of nitrogens with zero attached hydrogens (tertiary/aromatic N) is 3. The van der Waals surface area contributed by atoms with Crippen LogP contribution >= 0.6 is 0 Å².